The van der Waals surface area contributed by atoms with Gasteiger partial charge in [0.25, 0.3) is 5.91 Å². The highest BCUT2D eigenvalue weighted by molar-refractivity contribution is 8.00. The van der Waals surface area contributed by atoms with E-state index >= 15 is 0 Å². The summed E-state index contributed by atoms with van der Waals surface area (Å²) >= 11 is 2.60. The second kappa shape index (κ2) is 7.96. The maximum absolute atomic E-state index is 13.2. The van der Waals surface area contributed by atoms with Crippen LogP contribution < -0.4 is 9.64 Å². The van der Waals surface area contributed by atoms with E-state index in [-0.39, 0.29) is 16.5 Å². The number of rotatable bonds is 6. The minimum atomic E-state index is -0.885. The molecule has 0 unspecified atom stereocenters. The first-order chi connectivity index (χ1) is 14.4. The molecule has 1 N–H and O–H groups in total. The van der Waals surface area contributed by atoms with Gasteiger partial charge in [-0.3, -0.25) is 14.5 Å². The van der Waals surface area contributed by atoms with Crippen molar-refractivity contribution >= 4 is 39.9 Å². The van der Waals surface area contributed by atoms with Crippen LogP contribution in [0.15, 0.2) is 56.5 Å². The summed E-state index contributed by atoms with van der Waals surface area (Å²) in [6.45, 7) is 1.71. The number of thioether (sulfide) groups is 1. The fourth-order valence-corrected chi connectivity index (χ4v) is 4.49. The predicted octanol–water partition coefficient (Wildman–Crippen LogP) is 3.95. The van der Waals surface area contributed by atoms with Crippen LogP contribution in [0.3, 0.4) is 0 Å². The predicted molar refractivity (Wildman–Crippen MR) is 112 cm³/mol. The van der Waals surface area contributed by atoms with Gasteiger partial charge in [0.15, 0.2) is 15.9 Å². The molecule has 4 rings (SSSR count). The van der Waals surface area contributed by atoms with Crippen LogP contribution in [0.5, 0.6) is 5.75 Å². The quantitative estimate of drug-likeness (QED) is 0.347. The summed E-state index contributed by atoms with van der Waals surface area (Å²) in [7, 11) is 1.55. The standard InChI is InChI=1S/C20H17N3O5S2/c1-10-4-9-13(28-10)16(24)14-15(11-5-7-12(27-2)8-6-11)23(18(26)17(14)25)19-21-22-20(29-3)30-19/h4-9,15,25H,1-3H3/t15-/m0/s1. The molecule has 2 aromatic heterocycles. The number of furan rings is 1. The molecule has 0 saturated heterocycles. The lowest BCUT2D eigenvalue weighted by Crippen LogP contribution is -2.31. The van der Waals surface area contributed by atoms with Crippen LogP contribution in [0.4, 0.5) is 5.13 Å². The Morgan fingerprint density at radius 2 is 1.97 bits per heavy atom. The normalized spacial score (nSPS) is 16.4. The van der Waals surface area contributed by atoms with E-state index in [0.29, 0.717) is 21.4 Å². The zero-order valence-electron chi connectivity index (χ0n) is 16.3. The van der Waals surface area contributed by atoms with Crippen LogP contribution >= 0.6 is 23.1 Å². The Morgan fingerprint density at radius 1 is 1.23 bits per heavy atom. The average molecular weight is 444 g/mol. The third kappa shape index (κ3) is 3.37. The van der Waals surface area contributed by atoms with Crippen LogP contribution in [0.1, 0.15) is 27.9 Å². The highest BCUT2D eigenvalue weighted by Crippen LogP contribution is 2.43. The van der Waals surface area contributed by atoms with Crippen molar-refractivity contribution in [3.05, 3.63) is 64.8 Å². The summed E-state index contributed by atoms with van der Waals surface area (Å²) < 4.78 is 11.3. The number of hydrogen-bond donors (Lipinski definition) is 1. The Hall–Kier alpha value is -3.11. The van der Waals surface area contributed by atoms with E-state index in [0.717, 1.165) is 0 Å². The molecule has 3 heterocycles. The van der Waals surface area contributed by atoms with Gasteiger partial charge in [-0.25, -0.2) is 0 Å². The number of carbonyl (C=O) groups excluding carboxylic acids is 2. The van der Waals surface area contributed by atoms with E-state index < -0.39 is 23.5 Å². The largest absolute Gasteiger partial charge is 0.503 e. The number of amides is 1. The van der Waals surface area contributed by atoms with Crippen molar-refractivity contribution < 1.29 is 23.8 Å². The molecule has 1 aromatic carbocycles. The van der Waals surface area contributed by atoms with Gasteiger partial charge in [0, 0.05) is 0 Å². The molecule has 1 aliphatic rings. The van der Waals surface area contributed by atoms with E-state index in [4.69, 9.17) is 9.15 Å². The van der Waals surface area contributed by atoms with Crippen molar-refractivity contribution in [2.75, 3.05) is 18.3 Å². The van der Waals surface area contributed by atoms with Gasteiger partial charge in [-0.15, -0.1) is 10.2 Å². The van der Waals surface area contributed by atoms with Gasteiger partial charge >= 0.3 is 0 Å². The van der Waals surface area contributed by atoms with Crippen LogP contribution in [0, 0.1) is 6.92 Å². The molecule has 30 heavy (non-hydrogen) atoms. The Kier molecular flexibility index (Phi) is 5.35. The van der Waals surface area contributed by atoms with Gasteiger partial charge in [-0.2, -0.15) is 0 Å². The number of ketones is 1. The van der Waals surface area contributed by atoms with Gasteiger partial charge in [-0.1, -0.05) is 35.2 Å². The monoisotopic (exact) mass is 443 g/mol. The minimum absolute atomic E-state index is 0.0456. The van der Waals surface area contributed by atoms with E-state index in [1.807, 2.05) is 6.26 Å². The number of aliphatic hydroxyl groups is 1. The first kappa shape index (κ1) is 20.2. The Balaban J connectivity index is 1.85. The van der Waals surface area contributed by atoms with Crippen molar-refractivity contribution in [2.24, 2.45) is 0 Å². The van der Waals surface area contributed by atoms with Gasteiger partial charge < -0.3 is 14.3 Å². The molecule has 154 valence electrons. The first-order valence-electron chi connectivity index (χ1n) is 8.84. The number of ether oxygens (including phenoxy) is 1. The fourth-order valence-electron chi connectivity index (χ4n) is 3.21. The number of Topliss-reactive ketones (excluding diaryl/α,β-unsaturated/α-hetero) is 1. The Bertz CT molecular complexity index is 1150. The molecule has 1 amide bonds. The van der Waals surface area contributed by atoms with Crippen molar-refractivity contribution in [3.63, 3.8) is 0 Å². The van der Waals surface area contributed by atoms with Gasteiger partial charge in [-0.05, 0) is 43.0 Å². The number of aliphatic hydroxyl groups excluding tert-OH is 1. The highest BCUT2D eigenvalue weighted by Gasteiger charge is 2.46. The first-order valence-corrected chi connectivity index (χ1v) is 10.9. The van der Waals surface area contributed by atoms with Crippen molar-refractivity contribution in [3.8, 4) is 5.75 Å². The minimum Gasteiger partial charge on any atom is -0.503 e. The molecule has 0 aliphatic carbocycles. The third-order valence-electron chi connectivity index (χ3n) is 4.62. The highest BCUT2D eigenvalue weighted by atomic mass is 32.2. The number of hydrogen-bond acceptors (Lipinski definition) is 9. The van der Waals surface area contributed by atoms with Crippen molar-refractivity contribution in [1.29, 1.82) is 0 Å². The molecule has 0 bridgehead atoms. The molecule has 0 saturated carbocycles. The summed E-state index contributed by atoms with van der Waals surface area (Å²) in [5.74, 6) is -0.689. The molecule has 0 fully saturated rings. The summed E-state index contributed by atoms with van der Waals surface area (Å²) in [5, 5.41) is 19.1. The lowest BCUT2D eigenvalue weighted by molar-refractivity contribution is -0.117. The lowest BCUT2D eigenvalue weighted by Gasteiger charge is -2.24. The summed E-state index contributed by atoms with van der Waals surface area (Å²) in [6, 6.07) is 9.20. The topological polar surface area (TPSA) is 106 Å². The number of methoxy groups -OCH3 is 1. The van der Waals surface area contributed by atoms with Crippen LogP contribution in [0.2, 0.25) is 0 Å². The molecule has 3 aromatic rings. The number of benzene rings is 1. The average Bonchev–Trinajstić information content (AvgIpc) is 3.46. The second-order valence-electron chi connectivity index (χ2n) is 6.41. The van der Waals surface area contributed by atoms with Crippen LogP contribution in [-0.2, 0) is 4.79 Å². The fraction of sp³-hybridized carbons (Fsp3) is 0.200. The third-order valence-corrected chi connectivity index (χ3v) is 6.52. The molecular weight excluding hydrogens is 426 g/mol. The van der Waals surface area contributed by atoms with Crippen molar-refractivity contribution in [2.45, 2.75) is 17.3 Å². The van der Waals surface area contributed by atoms with E-state index in [1.54, 1.807) is 44.4 Å². The molecule has 1 aliphatic heterocycles. The van der Waals surface area contributed by atoms with E-state index in [2.05, 4.69) is 10.2 Å². The maximum atomic E-state index is 13.2. The molecule has 10 heteroatoms. The summed E-state index contributed by atoms with van der Waals surface area (Å²) in [4.78, 5) is 27.5. The molecule has 8 nitrogen and oxygen atoms in total. The number of nitrogens with zero attached hydrogens (tertiary/aromatic N) is 3. The van der Waals surface area contributed by atoms with Crippen LogP contribution in [-0.4, -0.2) is 40.4 Å². The van der Waals surface area contributed by atoms with E-state index in [9.17, 15) is 14.7 Å². The zero-order valence-corrected chi connectivity index (χ0v) is 17.9. The number of aromatic nitrogens is 2. The molecular formula is C20H17N3O5S2. The molecule has 0 spiro atoms. The lowest BCUT2D eigenvalue weighted by atomic mass is 9.95. The SMILES string of the molecule is COc1ccc([C@H]2C(C(=O)c3ccc(C)o3)=C(O)C(=O)N2c2nnc(SC)s2)cc1. The summed E-state index contributed by atoms with van der Waals surface area (Å²) in [5.41, 5.74) is 0.543. The Labute approximate surface area is 180 Å². The Morgan fingerprint density at radius 3 is 2.53 bits per heavy atom. The van der Waals surface area contributed by atoms with Crippen LogP contribution in [0.25, 0.3) is 0 Å². The summed E-state index contributed by atoms with van der Waals surface area (Å²) in [6.07, 6.45) is 1.85. The number of anilines is 1. The number of carbonyl (C=O) groups is 2. The van der Waals surface area contributed by atoms with Gasteiger partial charge in [0.05, 0.1) is 18.7 Å². The van der Waals surface area contributed by atoms with Gasteiger partial charge in [0.1, 0.15) is 11.5 Å². The molecule has 1 atom stereocenters. The molecule has 0 radical (unpaired) electrons. The van der Waals surface area contributed by atoms with E-state index in [1.165, 1.54) is 34.1 Å². The van der Waals surface area contributed by atoms with Crippen molar-refractivity contribution in [1.82, 2.24) is 10.2 Å². The second-order valence-corrected chi connectivity index (χ2v) is 8.42. The number of aryl methyl sites for hydroxylation is 1. The smallest absolute Gasteiger partial charge is 0.296 e. The zero-order chi connectivity index (χ0) is 21.4. The maximum Gasteiger partial charge on any atom is 0.296 e. The van der Waals surface area contributed by atoms with Gasteiger partial charge in [0.2, 0.25) is 10.9 Å².